The molecule has 2 heterocycles. The summed E-state index contributed by atoms with van der Waals surface area (Å²) < 4.78 is 75.4. The highest BCUT2D eigenvalue weighted by atomic mass is 19.4. The summed E-state index contributed by atoms with van der Waals surface area (Å²) in [5.74, 6) is -4.97. The summed E-state index contributed by atoms with van der Waals surface area (Å²) >= 11 is 0. The maximum Gasteiger partial charge on any atom is 0.490 e. The second-order valence-corrected chi connectivity index (χ2v) is 7.80. The molecule has 2 fully saturated rings. The van der Waals surface area contributed by atoms with Crippen molar-refractivity contribution in [1.29, 1.82) is 0 Å². The molecule has 0 unspecified atom stereocenters. The lowest BCUT2D eigenvalue weighted by molar-refractivity contribution is -0.193. The van der Waals surface area contributed by atoms with Crippen molar-refractivity contribution in [3.05, 3.63) is 30.1 Å². The van der Waals surface area contributed by atoms with Crippen molar-refractivity contribution in [3.8, 4) is 0 Å². The Labute approximate surface area is 197 Å². The van der Waals surface area contributed by atoms with Crippen LogP contribution in [-0.2, 0) is 25.6 Å². The minimum absolute atomic E-state index is 0.0161. The molecule has 0 amide bonds. The third-order valence-electron chi connectivity index (χ3n) is 5.30. The first-order valence-corrected chi connectivity index (χ1v) is 10.7. The maximum atomic E-state index is 10.6. The molecule has 1 aromatic rings. The zero-order chi connectivity index (χ0) is 26.7. The van der Waals surface area contributed by atoms with Gasteiger partial charge in [0.25, 0.3) is 0 Å². The first-order chi connectivity index (χ1) is 16.2. The van der Waals surface area contributed by atoms with Gasteiger partial charge < -0.3 is 19.7 Å². The summed E-state index contributed by atoms with van der Waals surface area (Å²) in [6.45, 7) is 7.47. The summed E-state index contributed by atoms with van der Waals surface area (Å²) in [5.41, 5.74) is 1.16. The Morgan fingerprint density at radius 2 is 1.77 bits per heavy atom. The average Bonchev–Trinajstić information content (AvgIpc) is 3.13. The largest absolute Gasteiger partial charge is 0.490 e. The lowest BCUT2D eigenvalue weighted by Crippen LogP contribution is -2.54. The third kappa shape index (κ3) is 10.8. The summed E-state index contributed by atoms with van der Waals surface area (Å²) in [7, 11) is 0. The van der Waals surface area contributed by atoms with E-state index < -0.39 is 24.3 Å². The topological polar surface area (TPSA) is 109 Å². The van der Waals surface area contributed by atoms with E-state index in [1.807, 2.05) is 12.3 Å². The fourth-order valence-electron chi connectivity index (χ4n) is 3.75. The number of ether oxygens (including phenoxy) is 2. The van der Waals surface area contributed by atoms with E-state index in [0.29, 0.717) is 5.92 Å². The molecule has 1 saturated heterocycles. The molecule has 1 aliphatic heterocycles. The molecular weight excluding hydrogens is 490 g/mol. The van der Waals surface area contributed by atoms with Gasteiger partial charge in [-0.15, -0.1) is 0 Å². The Hall–Kier alpha value is -2.45. The molecule has 200 valence electrons. The van der Waals surface area contributed by atoms with Gasteiger partial charge in [0.05, 0.1) is 24.5 Å². The number of alkyl halides is 6. The van der Waals surface area contributed by atoms with Crippen LogP contribution in [0.3, 0.4) is 0 Å². The van der Waals surface area contributed by atoms with Gasteiger partial charge in [-0.25, -0.2) is 9.59 Å². The van der Waals surface area contributed by atoms with Crippen LogP contribution in [0.2, 0.25) is 0 Å². The molecule has 1 spiro atoms. The Kier molecular flexibility index (Phi) is 11.9. The molecule has 2 N–H and O–H groups in total. The normalized spacial score (nSPS) is 22.5. The molecule has 0 bridgehead atoms. The molecule has 1 aromatic heterocycles. The fraction of sp³-hybridized carbons (Fsp3) is 0.667. The third-order valence-corrected chi connectivity index (χ3v) is 5.30. The molecule has 3 rings (SSSR count). The summed E-state index contributed by atoms with van der Waals surface area (Å²) in [5, 5.41) is 14.2. The highest BCUT2D eigenvalue weighted by Gasteiger charge is 2.47. The van der Waals surface area contributed by atoms with Crippen LogP contribution in [0.1, 0.15) is 31.9 Å². The zero-order valence-corrected chi connectivity index (χ0v) is 18.9. The maximum absolute atomic E-state index is 10.6. The van der Waals surface area contributed by atoms with Gasteiger partial charge in [0.2, 0.25) is 0 Å². The minimum Gasteiger partial charge on any atom is -0.475 e. The summed E-state index contributed by atoms with van der Waals surface area (Å²) in [6.07, 6.45) is -4.63. The molecule has 35 heavy (non-hydrogen) atoms. The quantitative estimate of drug-likeness (QED) is 0.568. The highest BCUT2D eigenvalue weighted by Crippen LogP contribution is 2.41. The van der Waals surface area contributed by atoms with E-state index in [4.69, 9.17) is 29.3 Å². The van der Waals surface area contributed by atoms with Gasteiger partial charge in [0, 0.05) is 38.4 Å². The predicted octanol–water partition coefficient (Wildman–Crippen LogP) is 3.76. The summed E-state index contributed by atoms with van der Waals surface area (Å²) in [6, 6.07) is 6.14. The number of aliphatic carboxylic acids is 2. The number of morpholine rings is 1. The van der Waals surface area contributed by atoms with Crippen molar-refractivity contribution in [3.63, 3.8) is 0 Å². The van der Waals surface area contributed by atoms with Gasteiger partial charge in [-0.2, -0.15) is 26.3 Å². The van der Waals surface area contributed by atoms with Crippen molar-refractivity contribution in [2.24, 2.45) is 5.92 Å². The second-order valence-electron chi connectivity index (χ2n) is 7.80. The van der Waals surface area contributed by atoms with Crippen LogP contribution in [0, 0.1) is 5.92 Å². The van der Waals surface area contributed by atoms with E-state index in [2.05, 4.69) is 28.9 Å². The van der Waals surface area contributed by atoms with Crippen LogP contribution in [0.15, 0.2) is 24.4 Å². The first kappa shape index (κ1) is 30.6. The number of carboxylic acids is 2. The molecule has 1 saturated carbocycles. The van der Waals surface area contributed by atoms with Crippen molar-refractivity contribution in [1.82, 2.24) is 9.88 Å². The molecule has 0 aromatic carbocycles. The van der Waals surface area contributed by atoms with Gasteiger partial charge in [-0.3, -0.25) is 9.88 Å². The predicted molar refractivity (Wildman–Crippen MR) is 109 cm³/mol. The van der Waals surface area contributed by atoms with E-state index in [-0.39, 0.29) is 5.60 Å². The van der Waals surface area contributed by atoms with Gasteiger partial charge in [0.15, 0.2) is 0 Å². The summed E-state index contributed by atoms with van der Waals surface area (Å²) in [4.78, 5) is 24.7. The van der Waals surface area contributed by atoms with Gasteiger partial charge in [-0.05, 0) is 31.9 Å². The number of hydrogen-bond acceptors (Lipinski definition) is 6. The molecule has 0 radical (unpaired) electrons. The molecule has 1 aliphatic carbocycles. The Morgan fingerprint density at radius 3 is 2.26 bits per heavy atom. The van der Waals surface area contributed by atoms with Crippen molar-refractivity contribution < 1.29 is 55.6 Å². The fourth-order valence-corrected chi connectivity index (χ4v) is 3.75. The number of nitrogens with zero attached hydrogens (tertiary/aromatic N) is 2. The van der Waals surface area contributed by atoms with Crippen LogP contribution < -0.4 is 0 Å². The standard InChI is InChI=1S/C17H26N2O2.2C2HF3O2/c1-2-20-13-15-6-5-8-17(15)14-19(10-11-21-17)12-16-7-3-4-9-18-16;2*3-2(4,5)1(6)7/h3-4,7,9,15H,2,5-6,8,10-14H2,1H3;2*(H,6,7)/t15-,17+;;/m0../s1. The van der Waals surface area contributed by atoms with E-state index in [1.54, 1.807) is 0 Å². The smallest absolute Gasteiger partial charge is 0.475 e. The van der Waals surface area contributed by atoms with Crippen LogP contribution in [0.5, 0.6) is 0 Å². The number of halogens is 6. The SMILES string of the molecule is CCOC[C@@H]1CCC[C@@]12CN(Cc1ccccn1)CCO2.O=C(O)C(F)(F)F.O=C(O)C(F)(F)F. The van der Waals surface area contributed by atoms with Crippen LogP contribution in [0.4, 0.5) is 26.3 Å². The van der Waals surface area contributed by atoms with E-state index >= 15 is 0 Å². The van der Waals surface area contributed by atoms with Gasteiger partial charge in [-0.1, -0.05) is 12.5 Å². The number of pyridine rings is 1. The van der Waals surface area contributed by atoms with Crippen LogP contribution in [0.25, 0.3) is 0 Å². The van der Waals surface area contributed by atoms with E-state index in [1.165, 1.54) is 19.3 Å². The Balaban J connectivity index is 0.000000362. The number of hydrogen-bond donors (Lipinski definition) is 2. The van der Waals surface area contributed by atoms with E-state index in [9.17, 15) is 26.3 Å². The monoisotopic (exact) mass is 518 g/mol. The molecule has 8 nitrogen and oxygen atoms in total. The number of carbonyl (C=O) groups is 2. The van der Waals surface area contributed by atoms with Crippen molar-refractivity contribution >= 4 is 11.9 Å². The zero-order valence-electron chi connectivity index (χ0n) is 18.9. The lowest BCUT2D eigenvalue weighted by atomic mass is 9.89. The second kappa shape index (κ2) is 13.6. The number of rotatable bonds is 5. The highest BCUT2D eigenvalue weighted by molar-refractivity contribution is 5.73. The Morgan fingerprint density at radius 1 is 1.17 bits per heavy atom. The average molecular weight is 518 g/mol. The molecule has 2 atom stereocenters. The van der Waals surface area contributed by atoms with Crippen molar-refractivity contribution in [2.45, 2.75) is 50.7 Å². The van der Waals surface area contributed by atoms with Crippen LogP contribution in [-0.4, -0.2) is 82.9 Å². The number of aromatic nitrogens is 1. The van der Waals surface area contributed by atoms with Crippen LogP contribution >= 0.6 is 0 Å². The van der Waals surface area contributed by atoms with Gasteiger partial charge in [0.1, 0.15) is 0 Å². The molecular formula is C21H28F6N2O6. The molecule has 14 heteroatoms. The number of carboxylic acid groups (broad SMARTS) is 2. The van der Waals surface area contributed by atoms with Gasteiger partial charge >= 0.3 is 24.3 Å². The first-order valence-electron chi connectivity index (χ1n) is 10.7. The Bertz CT molecular complexity index is 769. The minimum atomic E-state index is -5.08. The molecule has 2 aliphatic rings. The van der Waals surface area contributed by atoms with E-state index in [0.717, 1.165) is 45.1 Å². The lowest BCUT2D eigenvalue weighted by Gasteiger charge is -2.44. The van der Waals surface area contributed by atoms with Crippen molar-refractivity contribution in [2.75, 3.05) is 32.9 Å².